The maximum Gasteiger partial charge on any atom is 0.255 e. The Bertz CT molecular complexity index is 1140. The van der Waals surface area contributed by atoms with Crippen molar-refractivity contribution < 1.29 is 13.2 Å². The number of nitrogens with zero attached hydrogens (tertiary/aromatic N) is 1. The van der Waals surface area contributed by atoms with Crippen LogP contribution in [0, 0.1) is 6.92 Å². The lowest BCUT2D eigenvalue weighted by atomic mass is 10.0. The van der Waals surface area contributed by atoms with E-state index in [0.29, 0.717) is 24.2 Å². The third-order valence-electron chi connectivity index (χ3n) is 5.16. The molecular formula is C22H22N2O3S. The van der Waals surface area contributed by atoms with Crippen LogP contribution in [0.1, 0.15) is 28.8 Å². The van der Waals surface area contributed by atoms with Gasteiger partial charge >= 0.3 is 0 Å². The number of sulfonamides is 1. The minimum absolute atomic E-state index is 0.176. The Kier molecular flexibility index (Phi) is 4.81. The summed E-state index contributed by atoms with van der Waals surface area (Å²) in [7, 11) is -3.25. The molecule has 0 bridgehead atoms. The number of hydrogen-bond acceptors (Lipinski definition) is 3. The van der Waals surface area contributed by atoms with Gasteiger partial charge in [0, 0.05) is 23.2 Å². The third-order valence-corrected chi connectivity index (χ3v) is 7.02. The van der Waals surface area contributed by atoms with Crippen molar-refractivity contribution in [1.82, 2.24) is 0 Å². The third kappa shape index (κ3) is 3.47. The molecule has 1 saturated heterocycles. The fraction of sp³-hybridized carbons (Fsp3) is 0.227. The molecule has 1 aliphatic heterocycles. The predicted octanol–water partition coefficient (Wildman–Crippen LogP) is 4.33. The van der Waals surface area contributed by atoms with E-state index in [4.69, 9.17) is 0 Å². The van der Waals surface area contributed by atoms with Crippen molar-refractivity contribution >= 4 is 38.1 Å². The lowest BCUT2D eigenvalue weighted by Gasteiger charge is -2.28. The maximum absolute atomic E-state index is 12.7. The second-order valence-electron chi connectivity index (χ2n) is 7.07. The molecule has 1 aliphatic rings. The molecule has 144 valence electrons. The summed E-state index contributed by atoms with van der Waals surface area (Å²) < 4.78 is 25.9. The Morgan fingerprint density at radius 1 is 0.929 bits per heavy atom. The smallest absolute Gasteiger partial charge is 0.255 e. The molecule has 0 aromatic heterocycles. The number of nitrogens with one attached hydrogen (secondary N) is 1. The highest BCUT2D eigenvalue weighted by Gasteiger charge is 2.26. The molecule has 3 aromatic carbocycles. The Labute approximate surface area is 165 Å². The van der Waals surface area contributed by atoms with Crippen molar-refractivity contribution in [2.24, 2.45) is 0 Å². The van der Waals surface area contributed by atoms with Gasteiger partial charge in [0.2, 0.25) is 10.0 Å². The predicted molar refractivity (Wildman–Crippen MR) is 113 cm³/mol. The van der Waals surface area contributed by atoms with Crippen LogP contribution in [-0.4, -0.2) is 26.6 Å². The summed E-state index contributed by atoms with van der Waals surface area (Å²) in [6.45, 7) is 2.53. The SMILES string of the molecule is Cc1cccc2c(NC(=O)c3ccc(N4CCCCS4(=O)=O)cc3)cccc12. The second kappa shape index (κ2) is 7.28. The van der Waals surface area contributed by atoms with Gasteiger partial charge in [-0.3, -0.25) is 9.10 Å². The highest BCUT2D eigenvalue weighted by Crippen LogP contribution is 2.27. The average molecular weight is 394 g/mol. The van der Waals surface area contributed by atoms with Crippen LogP contribution in [0.2, 0.25) is 0 Å². The molecule has 1 N–H and O–H groups in total. The van der Waals surface area contributed by atoms with Gasteiger partial charge in [-0.25, -0.2) is 8.42 Å². The summed E-state index contributed by atoms with van der Waals surface area (Å²) in [6.07, 6.45) is 1.55. The van der Waals surface area contributed by atoms with Crippen molar-refractivity contribution in [1.29, 1.82) is 0 Å². The van der Waals surface area contributed by atoms with E-state index in [9.17, 15) is 13.2 Å². The molecule has 5 nitrogen and oxygen atoms in total. The Hall–Kier alpha value is -2.86. The molecule has 0 aliphatic carbocycles. The molecule has 28 heavy (non-hydrogen) atoms. The Balaban J connectivity index is 1.57. The van der Waals surface area contributed by atoms with Gasteiger partial charge in [-0.1, -0.05) is 30.3 Å². The summed E-state index contributed by atoms with van der Waals surface area (Å²) in [5, 5.41) is 5.07. The highest BCUT2D eigenvalue weighted by atomic mass is 32.2. The van der Waals surface area contributed by atoms with Gasteiger partial charge in [0.1, 0.15) is 0 Å². The molecule has 4 rings (SSSR count). The highest BCUT2D eigenvalue weighted by molar-refractivity contribution is 7.92. The van der Waals surface area contributed by atoms with E-state index in [1.807, 2.05) is 43.3 Å². The molecule has 0 unspecified atom stereocenters. The Morgan fingerprint density at radius 3 is 2.39 bits per heavy atom. The molecule has 6 heteroatoms. The first-order chi connectivity index (χ1) is 13.5. The van der Waals surface area contributed by atoms with Gasteiger partial charge < -0.3 is 5.32 Å². The number of benzene rings is 3. The quantitative estimate of drug-likeness (QED) is 0.719. The van der Waals surface area contributed by atoms with Crippen LogP contribution >= 0.6 is 0 Å². The number of rotatable bonds is 3. The minimum Gasteiger partial charge on any atom is -0.321 e. The number of amides is 1. The first kappa shape index (κ1) is 18.5. The van der Waals surface area contributed by atoms with Gasteiger partial charge in [0.05, 0.1) is 11.4 Å². The van der Waals surface area contributed by atoms with Gasteiger partial charge in [-0.15, -0.1) is 0 Å². The molecule has 0 spiro atoms. The average Bonchev–Trinajstić information content (AvgIpc) is 2.69. The normalized spacial score (nSPS) is 16.1. The first-order valence-corrected chi connectivity index (χ1v) is 11.0. The standard InChI is InChI=1S/C22H22N2O3S/c1-16-6-4-8-20-19(16)7-5-9-21(20)23-22(25)17-10-12-18(13-11-17)24-14-2-3-15-28(24,26)27/h4-13H,2-3,14-15H2,1H3,(H,23,25). The molecule has 1 amide bonds. The van der Waals surface area contributed by atoms with Crippen molar-refractivity contribution in [3.63, 3.8) is 0 Å². The largest absolute Gasteiger partial charge is 0.321 e. The van der Waals surface area contributed by atoms with Gasteiger partial charge in [0.25, 0.3) is 5.91 Å². The van der Waals surface area contributed by atoms with Crippen molar-refractivity contribution in [2.75, 3.05) is 21.9 Å². The van der Waals surface area contributed by atoms with E-state index in [2.05, 4.69) is 5.32 Å². The van der Waals surface area contributed by atoms with Crippen LogP contribution in [0.15, 0.2) is 60.7 Å². The fourth-order valence-corrected chi connectivity index (χ4v) is 5.27. The summed E-state index contributed by atoms with van der Waals surface area (Å²) >= 11 is 0. The van der Waals surface area contributed by atoms with Crippen LogP contribution in [0.4, 0.5) is 11.4 Å². The van der Waals surface area contributed by atoms with Gasteiger partial charge in [0.15, 0.2) is 0 Å². The zero-order chi connectivity index (χ0) is 19.7. The summed E-state index contributed by atoms with van der Waals surface area (Å²) in [4.78, 5) is 12.7. The zero-order valence-corrected chi connectivity index (χ0v) is 16.5. The monoisotopic (exact) mass is 394 g/mol. The topological polar surface area (TPSA) is 66.5 Å². The lowest BCUT2D eigenvalue weighted by Crippen LogP contribution is -2.37. The second-order valence-corrected chi connectivity index (χ2v) is 9.08. The molecule has 0 atom stereocenters. The lowest BCUT2D eigenvalue weighted by molar-refractivity contribution is 0.102. The van der Waals surface area contributed by atoms with E-state index >= 15 is 0 Å². The molecule has 0 saturated carbocycles. The number of aryl methyl sites for hydroxylation is 1. The minimum atomic E-state index is -3.25. The van der Waals surface area contributed by atoms with E-state index in [1.165, 1.54) is 4.31 Å². The molecule has 1 fully saturated rings. The van der Waals surface area contributed by atoms with Gasteiger partial charge in [-0.05, 0) is 61.0 Å². The number of hydrogen-bond donors (Lipinski definition) is 1. The number of carbonyl (C=O) groups is 1. The number of fused-ring (bicyclic) bond motifs is 1. The van der Waals surface area contributed by atoms with E-state index < -0.39 is 10.0 Å². The van der Waals surface area contributed by atoms with Crippen molar-refractivity contribution in [2.45, 2.75) is 19.8 Å². The summed E-state index contributed by atoms with van der Waals surface area (Å²) in [5.41, 5.74) is 3.01. The van der Waals surface area contributed by atoms with Gasteiger partial charge in [-0.2, -0.15) is 0 Å². The van der Waals surface area contributed by atoms with E-state index in [-0.39, 0.29) is 11.7 Å². The van der Waals surface area contributed by atoms with E-state index in [0.717, 1.165) is 28.4 Å². The first-order valence-electron chi connectivity index (χ1n) is 9.36. The number of anilines is 2. The summed E-state index contributed by atoms with van der Waals surface area (Å²) in [6, 6.07) is 18.6. The van der Waals surface area contributed by atoms with Crippen molar-refractivity contribution in [3.8, 4) is 0 Å². The maximum atomic E-state index is 12.7. The van der Waals surface area contributed by atoms with E-state index in [1.54, 1.807) is 24.3 Å². The van der Waals surface area contributed by atoms with Crippen LogP contribution in [0.5, 0.6) is 0 Å². The zero-order valence-electron chi connectivity index (χ0n) is 15.7. The molecule has 0 radical (unpaired) electrons. The fourth-order valence-electron chi connectivity index (χ4n) is 3.63. The molecule has 3 aromatic rings. The van der Waals surface area contributed by atoms with Crippen LogP contribution in [0.25, 0.3) is 10.8 Å². The molecular weight excluding hydrogens is 372 g/mol. The molecule has 1 heterocycles. The summed E-state index contributed by atoms with van der Waals surface area (Å²) in [5.74, 6) is -0.0440. The van der Waals surface area contributed by atoms with Crippen molar-refractivity contribution in [3.05, 3.63) is 71.8 Å². The van der Waals surface area contributed by atoms with Crippen LogP contribution < -0.4 is 9.62 Å². The van der Waals surface area contributed by atoms with Crippen LogP contribution in [0.3, 0.4) is 0 Å². The number of carbonyl (C=O) groups excluding carboxylic acids is 1. The van der Waals surface area contributed by atoms with Crippen LogP contribution in [-0.2, 0) is 10.0 Å². The Morgan fingerprint density at radius 2 is 1.64 bits per heavy atom.